The molecule has 0 radical (unpaired) electrons. The molecule has 0 amide bonds. The first-order valence-electron chi connectivity index (χ1n) is 8.00. The fourth-order valence-corrected chi connectivity index (χ4v) is 2.95. The van der Waals surface area contributed by atoms with Gasteiger partial charge in [-0.25, -0.2) is 9.97 Å². The minimum absolute atomic E-state index is 0.0409. The third kappa shape index (κ3) is 3.74. The van der Waals surface area contributed by atoms with E-state index in [4.69, 9.17) is 4.42 Å². The van der Waals surface area contributed by atoms with Crippen molar-refractivity contribution in [3.05, 3.63) is 30.5 Å². The SMILES string of the molecule is CC(C)(C)c1coc(CN2CCCC(Cn3cncn3)C2)n1. The molecule has 0 spiro atoms. The van der Waals surface area contributed by atoms with Crippen LogP contribution in [0.15, 0.2) is 23.3 Å². The van der Waals surface area contributed by atoms with Crippen LogP contribution >= 0.6 is 0 Å². The van der Waals surface area contributed by atoms with E-state index in [9.17, 15) is 0 Å². The lowest BCUT2D eigenvalue weighted by Crippen LogP contribution is -2.36. The molecule has 2 aromatic heterocycles. The number of piperidine rings is 1. The smallest absolute Gasteiger partial charge is 0.208 e. The van der Waals surface area contributed by atoms with E-state index in [1.54, 1.807) is 18.9 Å². The number of likely N-dealkylation sites (tertiary alicyclic amines) is 1. The summed E-state index contributed by atoms with van der Waals surface area (Å²) in [7, 11) is 0. The highest BCUT2D eigenvalue weighted by molar-refractivity contribution is 5.08. The summed E-state index contributed by atoms with van der Waals surface area (Å²) in [5.74, 6) is 1.44. The van der Waals surface area contributed by atoms with E-state index in [0.29, 0.717) is 5.92 Å². The predicted molar refractivity (Wildman–Crippen MR) is 83.2 cm³/mol. The highest BCUT2D eigenvalue weighted by atomic mass is 16.3. The van der Waals surface area contributed by atoms with Crippen LogP contribution in [0.2, 0.25) is 0 Å². The zero-order chi connectivity index (χ0) is 15.6. The van der Waals surface area contributed by atoms with Crippen LogP contribution in [0.3, 0.4) is 0 Å². The van der Waals surface area contributed by atoms with Gasteiger partial charge in [-0.1, -0.05) is 20.8 Å². The van der Waals surface area contributed by atoms with Gasteiger partial charge < -0.3 is 4.42 Å². The molecule has 0 bridgehead atoms. The lowest BCUT2D eigenvalue weighted by molar-refractivity contribution is 0.142. The largest absolute Gasteiger partial charge is 0.447 e. The third-order valence-corrected chi connectivity index (χ3v) is 4.19. The Hall–Kier alpha value is -1.69. The lowest BCUT2D eigenvalue weighted by atomic mass is 9.93. The zero-order valence-electron chi connectivity index (χ0n) is 13.7. The Kier molecular flexibility index (Phi) is 4.29. The maximum absolute atomic E-state index is 5.65. The molecule has 3 heterocycles. The third-order valence-electron chi connectivity index (χ3n) is 4.19. The van der Waals surface area contributed by atoms with E-state index in [1.165, 1.54) is 12.8 Å². The van der Waals surface area contributed by atoms with Crippen LogP contribution in [-0.4, -0.2) is 37.7 Å². The van der Waals surface area contributed by atoms with Gasteiger partial charge in [0.05, 0.1) is 12.2 Å². The van der Waals surface area contributed by atoms with Gasteiger partial charge in [0.15, 0.2) is 0 Å². The Balaban J connectivity index is 1.57. The quantitative estimate of drug-likeness (QED) is 0.868. The van der Waals surface area contributed by atoms with E-state index >= 15 is 0 Å². The summed E-state index contributed by atoms with van der Waals surface area (Å²) in [6.07, 6.45) is 7.65. The Morgan fingerprint density at radius 3 is 2.91 bits per heavy atom. The molecular weight excluding hydrogens is 278 g/mol. The minimum Gasteiger partial charge on any atom is -0.447 e. The summed E-state index contributed by atoms with van der Waals surface area (Å²) in [6, 6.07) is 0. The first kappa shape index (κ1) is 15.2. The Bertz CT molecular complexity index is 584. The molecule has 1 atom stereocenters. The highest BCUT2D eigenvalue weighted by Gasteiger charge is 2.23. The van der Waals surface area contributed by atoms with Crippen molar-refractivity contribution in [3.8, 4) is 0 Å². The molecule has 0 aromatic carbocycles. The minimum atomic E-state index is 0.0409. The maximum atomic E-state index is 5.65. The molecule has 1 aliphatic rings. The van der Waals surface area contributed by atoms with Crippen molar-refractivity contribution in [1.29, 1.82) is 0 Å². The number of nitrogens with zero attached hydrogens (tertiary/aromatic N) is 5. The van der Waals surface area contributed by atoms with Crippen LogP contribution in [0.5, 0.6) is 0 Å². The second-order valence-electron chi connectivity index (χ2n) is 7.24. The van der Waals surface area contributed by atoms with Crippen LogP contribution in [0.1, 0.15) is 45.2 Å². The summed E-state index contributed by atoms with van der Waals surface area (Å²) in [5, 5.41) is 4.21. The van der Waals surface area contributed by atoms with E-state index in [1.807, 2.05) is 4.68 Å². The molecule has 22 heavy (non-hydrogen) atoms. The van der Waals surface area contributed by atoms with Crippen molar-refractivity contribution in [2.24, 2.45) is 5.92 Å². The fourth-order valence-electron chi connectivity index (χ4n) is 2.95. The van der Waals surface area contributed by atoms with Crippen LogP contribution in [-0.2, 0) is 18.5 Å². The van der Waals surface area contributed by atoms with Gasteiger partial charge in [0.25, 0.3) is 0 Å². The number of hydrogen-bond donors (Lipinski definition) is 0. The van der Waals surface area contributed by atoms with Gasteiger partial charge in [-0.15, -0.1) is 0 Å². The van der Waals surface area contributed by atoms with Gasteiger partial charge in [-0.05, 0) is 25.3 Å². The van der Waals surface area contributed by atoms with Crippen molar-refractivity contribution in [2.75, 3.05) is 13.1 Å². The summed E-state index contributed by atoms with van der Waals surface area (Å²) in [4.78, 5) is 11.1. The normalized spacial score (nSPS) is 20.4. The molecular formula is C16H25N5O. The number of oxazole rings is 1. The van der Waals surface area contributed by atoms with Gasteiger partial charge >= 0.3 is 0 Å². The van der Waals surface area contributed by atoms with Crippen LogP contribution in [0.25, 0.3) is 0 Å². The summed E-state index contributed by atoms with van der Waals surface area (Å²) < 4.78 is 7.58. The van der Waals surface area contributed by atoms with E-state index in [0.717, 1.165) is 37.8 Å². The second-order valence-corrected chi connectivity index (χ2v) is 7.24. The molecule has 1 aliphatic heterocycles. The molecule has 6 nitrogen and oxygen atoms in total. The van der Waals surface area contributed by atoms with Crippen molar-refractivity contribution in [2.45, 2.75) is 52.1 Å². The van der Waals surface area contributed by atoms with Crippen molar-refractivity contribution in [3.63, 3.8) is 0 Å². The first-order chi connectivity index (χ1) is 10.5. The van der Waals surface area contributed by atoms with E-state index < -0.39 is 0 Å². The van der Waals surface area contributed by atoms with Crippen molar-refractivity contribution in [1.82, 2.24) is 24.6 Å². The standard InChI is InChI=1S/C16H25N5O/c1-16(2,3)14-10-22-15(19-14)9-20-6-4-5-13(7-20)8-21-12-17-11-18-21/h10-13H,4-9H2,1-3H3. The average molecular weight is 303 g/mol. The van der Waals surface area contributed by atoms with E-state index in [2.05, 4.69) is 40.7 Å². The molecule has 2 aromatic rings. The summed E-state index contributed by atoms with van der Waals surface area (Å²) in [6.45, 7) is 10.4. The molecule has 1 unspecified atom stereocenters. The number of hydrogen-bond acceptors (Lipinski definition) is 5. The van der Waals surface area contributed by atoms with Gasteiger partial charge in [0.2, 0.25) is 5.89 Å². The Labute approximate surface area is 131 Å². The molecule has 0 aliphatic carbocycles. The Morgan fingerprint density at radius 2 is 2.23 bits per heavy atom. The van der Waals surface area contributed by atoms with Crippen molar-refractivity contribution >= 4 is 0 Å². The second kappa shape index (κ2) is 6.20. The van der Waals surface area contributed by atoms with Gasteiger partial charge in [-0.3, -0.25) is 9.58 Å². The summed E-state index contributed by atoms with van der Waals surface area (Å²) in [5.41, 5.74) is 1.07. The Morgan fingerprint density at radius 1 is 1.36 bits per heavy atom. The van der Waals surface area contributed by atoms with Crippen molar-refractivity contribution < 1.29 is 4.42 Å². The predicted octanol–water partition coefficient (Wildman–Crippen LogP) is 2.48. The first-order valence-corrected chi connectivity index (χ1v) is 8.00. The van der Waals surface area contributed by atoms with Gasteiger partial charge in [0, 0.05) is 18.5 Å². The zero-order valence-corrected chi connectivity index (χ0v) is 13.7. The average Bonchev–Trinajstić information content (AvgIpc) is 3.10. The van der Waals surface area contributed by atoms with E-state index in [-0.39, 0.29) is 5.41 Å². The van der Waals surface area contributed by atoms with Crippen LogP contribution in [0, 0.1) is 5.92 Å². The fraction of sp³-hybridized carbons (Fsp3) is 0.688. The van der Waals surface area contributed by atoms with Gasteiger partial charge in [0.1, 0.15) is 18.9 Å². The number of aromatic nitrogens is 4. The molecule has 1 fully saturated rings. The topological polar surface area (TPSA) is 60.0 Å². The van der Waals surface area contributed by atoms with Gasteiger partial charge in [-0.2, -0.15) is 5.10 Å². The molecule has 0 N–H and O–H groups in total. The summed E-state index contributed by atoms with van der Waals surface area (Å²) >= 11 is 0. The molecule has 1 saturated heterocycles. The molecule has 6 heteroatoms. The highest BCUT2D eigenvalue weighted by Crippen LogP contribution is 2.23. The molecule has 0 saturated carbocycles. The molecule has 3 rings (SSSR count). The van der Waals surface area contributed by atoms with Crippen LogP contribution in [0.4, 0.5) is 0 Å². The monoisotopic (exact) mass is 303 g/mol. The molecule has 120 valence electrons. The number of rotatable bonds is 4. The maximum Gasteiger partial charge on any atom is 0.208 e. The van der Waals surface area contributed by atoms with Crippen LogP contribution < -0.4 is 0 Å². The lowest BCUT2D eigenvalue weighted by Gasteiger charge is -2.31.